The van der Waals surface area contributed by atoms with Crippen LogP contribution in [0.25, 0.3) is 10.9 Å². The number of aliphatic carboxylic acids is 1. The number of aryl methyl sites for hydroxylation is 1. The van der Waals surface area contributed by atoms with Crippen LogP contribution < -0.4 is 39.4 Å². The molecular weight excluding hydrogens is 437 g/mol. The molecule has 0 aliphatic carbocycles. The van der Waals surface area contributed by atoms with Gasteiger partial charge in [0.2, 0.25) is 5.88 Å². The van der Waals surface area contributed by atoms with Crippen LogP contribution in [0.2, 0.25) is 0 Å². The number of unbranched alkanes of at least 4 members (excludes halogenated alkanes) is 3. The Morgan fingerprint density at radius 3 is 2.56 bits per heavy atom. The summed E-state index contributed by atoms with van der Waals surface area (Å²) in [6.45, 7) is 0.536. The van der Waals surface area contributed by atoms with Crippen LogP contribution in [0.15, 0.2) is 60.7 Å². The minimum atomic E-state index is -1.07. The first-order chi connectivity index (χ1) is 16.1. The molecule has 0 aliphatic heterocycles. The van der Waals surface area contributed by atoms with Gasteiger partial charge in [0.25, 0.3) is 0 Å². The number of carboxylic acid groups (broad SMARTS) is 1. The number of carbonyl (C=O) groups is 1. The number of carboxylic acids is 1. The van der Waals surface area contributed by atoms with Gasteiger partial charge in [0, 0.05) is 29.8 Å². The molecule has 1 N–H and O–H groups in total. The number of nitrogens with zero attached hydrogens (tertiary/aromatic N) is 1. The Bertz CT molecular complexity index is 1090. The molecule has 0 amide bonds. The van der Waals surface area contributed by atoms with Crippen molar-refractivity contribution in [2.75, 3.05) is 6.61 Å². The molecule has 172 valence electrons. The zero-order valence-electron chi connectivity index (χ0n) is 19.8. The predicted octanol–water partition coefficient (Wildman–Crippen LogP) is 1.38. The monoisotopic (exact) mass is 467 g/mol. The van der Waals surface area contributed by atoms with E-state index in [1.54, 1.807) is 0 Å². The minimum Gasteiger partial charge on any atom is -0.550 e. The maximum Gasteiger partial charge on any atom is 1.00 e. The molecule has 1 atom stereocenters. The molecule has 1 unspecified atom stereocenters. The van der Waals surface area contributed by atoms with E-state index in [1.165, 1.54) is 5.56 Å². The number of rotatable bonds is 12. The SMILES string of the molecule is O=C([O-])CCCC#CCC(O)c1cc2ccccc2nc1OCCCCCc1ccccc1.[Na+]. The van der Waals surface area contributed by atoms with Crippen molar-refractivity contribution in [1.82, 2.24) is 4.98 Å². The summed E-state index contributed by atoms with van der Waals surface area (Å²) in [5, 5.41) is 22.1. The summed E-state index contributed by atoms with van der Waals surface area (Å²) >= 11 is 0. The average Bonchev–Trinajstić information content (AvgIpc) is 2.83. The fourth-order valence-electron chi connectivity index (χ4n) is 3.58. The zero-order chi connectivity index (χ0) is 23.3. The van der Waals surface area contributed by atoms with E-state index in [-0.39, 0.29) is 42.4 Å². The molecule has 2 aromatic carbocycles. The largest absolute Gasteiger partial charge is 1.00 e. The molecule has 6 heteroatoms. The molecule has 0 bridgehead atoms. The van der Waals surface area contributed by atoms with Gasteiger partial charge in [0.1, 0.15) is 0 Å². The van der Waals surface area contributed by atoms with Gasteiger partial charge in [-0.05, 0) is 56.2 Å². The van der Waals surface area contributed by atoms with E-state index in [4.69, 9.17) is 4.74 Å². The third-order valence-electron chi connectivity index (χ3n) is 5.37. The van der Waals surface area contributed by atoms with Crippen molar-refractivity contribution < 1.29 is 49.3 Å². The number of pyridine rings is 1. The van der Waals surface area contributed by atoms with Gasteiger partial charge in [-0.15, -0.1) is 11.8 Å². The smallest absolute Gasteiger partial charge is 0.550 e. The van der Waals surface area contributed by atoms with E-state index in [1.807, 2.05) is 36.4 Å². The van der Waals surface area contributed by atoms with E-state index >= 15 is 0 Å². The van der Waals surface area contributed by atoms with E-state index in [9.17, 15) is 15.0 Å². The molecule has 0 spiro atoms. The first kappa shape index (κ1) is 27.9. The first-order valence-corrected chi connectivity index (χ1v) is 11.5. The second-order valence-electron chi connectivity index (χ2n) is 8.02. The number of hydrogen-bond donors (Lipinski definition) is 1. The van der Waals surface area contributed by atoms with Crippen molar-refractivity contribution >= 4 is 16.9 Å². The van der Waals surface area contributed by atoms with Crippen molar-refractivity contribution in [3.8, 4) is 17.7 Å². The Hall–Kier alpha value is -2.36. The number of aliphatic hydroxyl groups excluding tert-OH is 1. The van der Waals surface area contributed by atoms with Crippen LogP contribution in [0.3, 0.4) is 0 Å². The number of ether oxygens (including phenoxy) is 1. The average molecular weight is 468 g/mol. The number of aliphatic hydroxyl groups is 1. The summed E-state index contributed by atoms with van der Waals surface area (Å²) in [5.74, 6) is 5.23. The van der Waals surface area contributed by atoms with E-state index in [2.05, 4.69) is 41.1 Å². The molecule has 0 radical (unpaired) electrons. The summed E-state index contributed by atoms with van der Waals surface area (Å²) in [4.78, 5) is 15.1. The molecule has 0 aliphatic rings. The van der Waals surface area contributed by atoms with Crippen molar-refractivity contribution in [2.45, 2.75) is 57.5 Å². The van der Waals surface area contributed by atoms with Crippen LogP contribution in [-0.2, 0) is 11.2 Å². The third kappa shape index (κ3) is 9.48. The number of carbonyl (C=O) groups excluding carboxylic acids is 1. The van der Waals surface area contributed by atoms with Gasteiger partial charge >= 0.3 is 29.6 Å². The summed E-state index contributed by atoms with van der Waals surface area (Å²) in [6, 6.07) is 20.1. The van der Waals surface area contributed by atoms with Gasteiger partial charge in [-0.1, -0.05) is 48.5 Å². The summed E-state index contributed by atoms with van der Waals surface area (Å²) in [6.07, 6.45) is 4.43. The molecular formula is C28H30NNaO4. The summed E-state index contributed by atoms with van der Waals surface area (Å²) < 4.78 is 6.00. The van der Waals surface area contributed by atoms with Crippen molar-refractivity contribution in [3.05, 3.63) is 71.8 Å². The third-order valence-corrected chi connectivity index (χ3v) is 5.37. The number of hydrogen-bond acceptors (Lipinski definition) is 5. The van der Waals surface area contributed by atoms with Crippen LogP contribution in [0.1, 0.15) is 62.2 Å². The number of aromatic nitrogens is 1. The van der Waals surface area contributed by atoms with Crippen molar-refractivity contribution in [1.29, 1.82) is 0 Å². The van der Waals surface area contributed by atoms with E-state index < -0.39 is 12.1 Å². The molecule has 1 heterocycles. The van der Waals surface area contributed by atoms with Gasteiger partial charge in [-0.3, -0.25) is 0 Å². The molecule has 3 aromatic rings. The maximum absolute atomic E-state index is 10.7. The fourth-order valence-corrected chi connectivity index (χ4v) is 3.58. The van der Waals surface area contributed by atoms with Crippen LogP contribution in [0.5, 0.6) is 5.88 Å². The maximum atomic E-state index is 10.7. The quantitative estimate of drug-likeness (QED) is 0.247. The topological polar surface area (TPSA) is 82.5 Å². The van der Waals surface area contributed by atoms with Crippen LogP contribution in [-0.4, -0.2) is 22.7 Å². The molecule has 34 heavy (non-hydrogen) atoms. The zero-order valence-corrected chi connectivity index (χ0v) is 21.8. The molecule has 5 nitrogen and oxygen atoms in total. The van der Waals surface area contributed by atoms with Crippen LogP contribution in [0, 0.1) is 11.8 Å². The minimum absolute atomic E-state index is 0. The Balaban J connectivity index is 0.00000408. The molecule has 3 rings (SSSR count). The Morgan fingerprint density at radius 1 is 1.00 bits per heavy atom. The Labute approximate surface area is 223 Å². The molecule has 0 fully saturated rings. The predicted molar refractivity (Wildman–Crippen MR) is 127 cm³/mol. The molecule has 1 aromatic heterocycles. The van der Waals surface area contributed by atoms with Crippen molar-refractivity contribution in [3.63, 3.8) is 0 Å². The van der Waals surface area contributed by atoms with Gasteiger partial charge < -0.3 is 19.7 Å². The van der Waals surface area contributed by atoms with E-state index in [0.29, 0.717) is 30.9 Å². The first-order valence-electron chi connectivity index (χ1n) is 11.5. The van der Waals surface area contributed by atoms with Gasteiger partial charge in [-0.2, -0.15) is 0 Å². The number of para-hydroxylation sites is 1. The molecule has 0 saturated heterocycles. The van der Waals surface area contributed by atoms with Crippen LogP contribution >= 0.6 is 0 Å². The molecule has 0 saturated carbocycles. The Kier molecular flexibility index (Phi) is 12.7. The van der Waals surface area contributed by atoms with Gasteiger partial charge in [0.15, 0.2) is 0 Å². The van der Waals surface area contributed by atoms with Crippen LogP contribution in [0.4, 0.5) is 0 Å². The van der Waals surface area contributed by atoms with E-state index in [0.717, 1.165) is 36.6 Å². The fraction of sp³-hybridized carbons (Fsp3) is 0.357. The normalized spacial score (nSPS) is 11.2. The summed E-state index contributed by atoms with van der Waals surface area (Å²) in [7, 11) is 0. The second-order valence-corrected chi connectivity index (χ2v) is 8.02. The second kappa shape index (κ2) is 15.5. The van der Waals surface area contributed by atoms with Gasteiger partial charge in [0.05, 0.1) is 18.2 Å². The Morgan fingerprint density at radius 2 is 1.76 bits per heavy atom. The van der Waals surface area contributed by atoms with Crippen molar-refractivity contribution in [2.24, 2.45) is 0 Å². The number of fused-ring (bicyclic) bond motifs is 1. The van der Waals surface area contributed by atoms with Gasteiger partial charge in [-0.25, -0.2) is 4.98 Å². The number of benzene rings is 2. The standard InChI is InChI=1S/C28H31NO4.Na/c30-26(18-8-1-2-9-19-27(31)32)24-21-23-16-10-11-17-25(23)29-28(24)33-20-12-4-7-15-22-13-5-3-6-14-22;/h3,5-6,10-11,13-14,16-17,21,26,30H,2,4,7,9,12,15,18-20H2,(H,31,32);/q;+1/p-1. The summed E-state index contributed by atoms with van der Waals surface area (Å²) in [5.41, 5.74) is 2.80.